The van der Waals surface area contributed by atoms with Gasteiger partial charge in [0.2, 0.25) is 0 Å². The highest BCUT2D eigenvalue weighted by atomic mass is 16.4. The van der Waals surface area contributed by atoms with Gasteiger partial charge < -0.3 is 9.52 Å². The maximum atomic E-state index is 11.5. The molecule has 1 aliphatic rings. The Kier molecular flexibility index (Phi) is 4.24. The van der Waals surface area contributed by atoms with E-state index in [1.165, 1.54) is 6.39 Å². The molecular formula is C14H22N2O3. The zero-order valence-electron chi connectivity index (χ0n) is 11.7. The summed E-state index contributed by atoms with van der Waals surface area (Å²) >= 11 is 0. The quantitative estimate of drug-likeness (QED) is 0.886. The minimum Gasteiger partial charge on any atom is -0.481 e. The summed E-state index contributed by atoms with van der Waals surface area (Å²) in [5.41, 5.74) is 0.447. The molecule has 106 valence electrons. The normalized spacial score (nSPS) is 19.5. The van der Waals surface area contributed by atoms with E-state index in [9.17, 15) is 9.90 Å². The third kappa shape index (κ3) is 2.97. The van der Waals surface area contributed by atoms with Crippen LogP contribution >= 0.6 is 0 Å². The van der Waals surface area contributed by atoms with Crippen molar-refractivity contribution in [3.8, 4) is 0 Å². The van der Waals surface area contributed by atoms with Crippen LogP contribution in [0.15, 0.2) is 10.8 Å². The number of rotatable bonds is 5. The summed E-state index contributed by atoms with van der Waals surface area (Å²) in [6.07, 6.45) is 4.63. The topological polar surface area (TPSA) is 66.6 Å². The lowest BCUT2D eigenvalue weighted by molar-refractivity contribution is -0.152. The Morgan fingerprint density at radius 1 is 1.53 bits per heavy atom. The van der Waals surface area contributed by atoms with Crippen LogP contribution in [-0.4, -0.2) is 34.0 Å². The molecule has 0 amide bonds. The summed E-state index contributed by atoms with van der Waals surface area (Å²) in [5, 5.41) is 9.46. The molecule has 1 fully saturated rings. The van der Waals surface area contributed by atoms with Gasteiger partial charge in [-0.3, -0.25) is 9.69 Å². The van der Waals surface area contributed by atoms with E-state index < -0.39 is 11.4 Å². The van der Waals surface area contributed by atoms with Crippen molar-refractivity contribution in [2.45, 2.75) is 46.1 Å². The second-order valence-corrected chi connectivity index (χ2v) is 5.47. The predicted molar refractivity (Wildman–Crippen MR) is 70.7 cm³/mol. The van der Waals surface area contributed by atoms with E-state index in [-0.39, 0.29) is 0 Å². The van der Waals surface area contributed by atoms with Gasteiger partial charge in [-0.2, -0.15) is 0 Å². The highest BCUT2D eigenvalue weighted by Crippen LogP contribution is 2.36. The number of carbonyl (C=O) groups is 1. The molecule has 0 aliphatic carbocycles. The van der Waals surface area contributed by atoms with Crippen LogP contribution in [0.4, 0.5) is 0 Å². The van der Waals surface area contributed by atoms with Gasteiger partial charge >= 0.3 is 5.97 Å². The predicted octanol–water partition coefficient (Wildman–Crippen LogP) is 2.45. The Labute approximate surface area is 113 Å². The molecule has 0 aromatic carbocycles. The maximum absolute atomic E-state index is 11.5. The van der Waals surface area contributed by atoms with Gasteiger partial charge in [0.1, 0.15) is 5.76 Å². The zero-order chi connectivity index (χ0) is 13.9. The van der Waals surface area contributed by atoms with E-state index in [0.29, 0.717) is 0 Å². The molecule has 0 spiro atoms. The lowest BCUT2D eigenvalue weighted by atomic mass is 9.75. The van der Waals surface area contributed by atoms with Crippen molar-refractivity contribution in [1.29, 1.82) is 0 Å². The average Bonchev–Trinajstić information content (AvgIpc) is 2.78. The van der Waals surface area contributed by atoms with E-state index in [1.807, 2.05) is 6.92 Å². The lowest BCUT2D eigenvalue weighted by Gasteiger charge is -2.38. The number of aliphatic carboxylic acids is 1. The van der Waals surface area contributed by atoms with Gasteiger partial charge in [0, 0.05) is 6.54 Å². The molecular weight excluding hydrogens is 244 g/mol. The first kappa shape index (κ1) is 14.1. The van der Waals surface area contributed by atoms with Gasteiger partial charge in [-0.05, 0) is 39.3 Å². The molecule has 1 N–H and O–H groups in total. The summed E-state index contributed by atoms with van der Waals surface area (Å²) in [4.78, 5) is 18.0. The first-order valence-electron chi connectivity index (χ1n) is 6.92. The number of oxazole rings is 1. The van der Waals surface area contributed by atoms with Gasteiger partial charge in [0.25, 0.3) is 0 Å². The molecule has 2 rings (SSSR count). The fourth-order valence-corrected chi connectivity index (χ4v) is 2.88. The van der Waals surface area contributed by atoms with Crippen molar-refractivity contribution < 1.29 is 14.3 Å². The van der Waals surface area contributed by atoms with Crippen LogP contribution < -0.4 is 0 Å². The van der Waals surface area contributed by atoms with Crippen molar-refractivity contribution in [3.05, 3.63) is 17.8 Å². The van der Waals surface area contributed by atoms with Crippen LogP contribution in [0.5, 0.6) is 0 Å². The number of hydrogen-bond acceptors (Lipinski definition) is 4. The van der Waals surface area contributed by atoms with Crippen molar-refractivity contribution in [2.24, 2.45) is 5.41 Å². The average molecular weight is 266 g/mol. The van der Waals surface area contributed by atoms with Crippen LogP contribution in [0.25, 0.3) is 0 Å². The fourth-order valence-electron chi connectivity index (χ4n) is 2.88. The number of carboxylic acids is 1. The van der Waals surface area contributed by atoms with Gasteiger partial charge in [-0.15, -0.1) is 0 Å². The smallest absolute Gasteiger partial charge is 0.309 e. The molecule has 1 aromatic rings. The van der Waals surface area contributed by atoms with Crippen molar-refractivity contribution in [2.75, 3.05) is 13.1 Å². The molecule has 1 aliphatic heterocycles. The Morgan fingerprint density at radius 3 is 2.68 bits per heavy atom. The summed E-state index contributed by atoms with van der Waals surface area (Å²) < 4.78 is 5.19. The first-order chi connectivity index (χ1) is 9.07. The van der Waals surface area contributed by atoms with Crippen LogP contribution in [0.2, 0.25) is 0 Å². The second-order valence-electron chi connectivity index (χ2n) is 5.47. The number of piperidine rings is 1. The lowest BCUT2D eigenvalue weighted by Crippen LogP contribution is -2.44. The molecule has 1 aromatic heterocycles. The van der Waals surface area contributed by atoms with Gasteiger partial charge in [-0.25, -0.2) is 4.98 Å². The van der Waals surface area contributed by atoms with Crippen LogP contribution in [0.3, 0.4) is 0 Å². The summed E-state index contributed by atoms with van der Waals surface area (Å²) in [6, 6.07) is 0. The molecule has 0 unspecified atom stereocenters. The minimum atomic E-state index is -0.633. The van der Waals surface area contributed by atoms with E-state index in [1.54, 1.807) is 0 Å². The fraction of sp³-hybridized carbons (Fsp3) is 0.714. The third-order valence-electron chi connectivity index (χ3n) is 4.21. The first-order valence-corrected chi connectivity index (χ1v) is 6.92. The van der Waals surface area contributed by atoms with E-state index in [0.717, 1.165) is 56.8 Å². The van der Waals surface area contributed by atoms with E-state index in [2.05, 4.69) is 16.8 Å². The number of hydrogen-bond donors (Lipinski definition) is 1. The Bertz CT molecular complexity index is 434. The molecule has 19 heavy (non-hydrogen) atoms. The van der Waals surface area contributed by atoms with Crippen LogP contribution in [0.1, 0.15) is 44.1 Å². The SMILES string of the molecule is CCCC1(C(=O)O)CCN(Cc2ncoc2C)CC1. The molecule has 0 saturated carbocycles. The third-order valence-corrected chi connectivity index (χ3v) is 4.21. The summed E-state index contributed by atoms with van der Waals surface area (Å²) in [7, 11) is 0. The molecule has 1 saturated heterocycles. The van der Waals surface area contributed by atoms with Gasteiger partial charge in [0.15, 0.2) is 6.39 Å². The summed E-state index contributed by atoms with van der Waals surface area (Å²) in [5.74, 6) is 0.218. The standard InChI is InChI=1S/C14H22N2O3/c1-3-4-14(13(17)18)5-7-16(8-6-14)9-12-11(2)19-10-15-12/h10H,3-9H2,1-2H3,(H,17,18). The number of aromatic nitrogens is 1. The molecule has 5 nitrogen and oxygen atoms in total. The zero-order valence-corrected chi connectivity index (χ0v) is 11.7. The van der Waals surface area contributed by atoms with E-state index in [4.69, 9.17) is 4.42 Å². The number of likely N-dealkylation sites (tertiary alicyclic amines) is 1. The van der Waals surface area contributed by atoms with Crippen LogP contribution in [-0.2, 0) is 11.3 Å². The molecule has 0 atom stereocenters. The second kappa shape index (κ2) is 5.74. The van der Waals surface area contributed by atoms with Gasteiger partial charge in [0.05, 0.1) is 11.1 Å². The molecule has 2 heterocycles. The summed E-state index contributed by atoms with van der Waals surface area (Å²) in [6.45, 7) is 6.35. The van der Waals surface area contributed by atoms with Crippen molar-refractivity contribution in [1.82, 2.24) is 9.88 Å². The van der Waals surface area contributed by atoms with Crippen molar-refractivity contribution in [3.63, 3.8) is 0 Å². The largest absolute Gasteiger partial charge is 0.481 e. The minimum absolute atomic E-state index is 0.510. The number of nitrogens with zero attached hydrogens (tertiary/aromatic N) is 2. The molecule has 0 bridgehead atoms. The highest BCUT2D eigenvalue weighted by Gasteiger charge is 2.40. The monoisotopic (exact) mass is 266 g/mol. The Hall–Kier alpha value is -1.36. The Balaban J connectivity index is 1.94. The number of carboxylic acid groups (broad SMARTS) is 1. The van der Waals surface area contributed by atoms with Crippen molar-refractivity contribution >= 4 is 5.97 Å². The Morgan fingerprint density at radius 2 is 2.21 bits per heavy atom. The maximum Gasteiger partial charge on any atom is 0.309 e. The van der Waals surface area contributed by atoms with E-state index >= 15 is 0 Å². The number of aryl methyl sites for hydroxylation is 1. The van der Waals surface area contributed by atoms with Gasteiger partial charge in [-0.1, -0.05) is 13.3 Å². The highest BCUT2D eigenvalue weighted by molar-refractivity contribution is 5.74. The molecule has 0 radical (unpaired) electrons. The van der Waals surface area contributed by atoms with Crippen LogP contribution in [0, 0.1) is 12.3 Å². The molecule has 5 heteroatoms.